The molecule has 1 amide bonds. The van der Waals surface area contributed by atoms with Crippen molar-refractivity contribution in [3.05, 3.63) is 0 Å². The third kappa shape index (κ3) is 4.10. The minimum Gasteiger partial charge on any atom is -0.481 e. The number of hydrogen-bond acceptors (Lipinski definition) is 4. The highest BCUT2D eigenvalue weighted by molar-refractivity contribution is 5.75. The van der Waals surface area contributed by atoms with E-state index in [1.54, 1.807) is 20.8 Å². The Balaban J connectivity index is 2.73. The Bertz CT molecular complexity index is 376. The summed E-state index contributed by atoms with van der Waals surface area (Å²) in [4.78, 5) is 23.2. The highest BCUT2D eigenvalue weighted by Crippen LogP contribution is 2.39. The maximum atomic E-state index is 11.7. The first-order chi connectivity index (χ1) is 9.09. The van der Waals surface area contributed by atoms with Crippen LogP contribution in [0.4, 0.5) is 4.79 Å². The molecule has 0 aromatic carbocycles. The monoisotopic (exact) mass is 287 g/mol. The van der Waals surface area contributed by atoms with Crippen LogP contribution in [-0.2, 0) is 9.53 Å². The van der Waals surface area contributed by atoms with E-state index in [4.69, 9.17) is 4.74 Å². The van der Waals surface area contributed by atoms with Gasteiger partial charge in [0.25, 0.3) is 0 Å². The van der Waals surface area contributed by atoms with Crippen LogP contribution in [0.25, 0.3) is 0 Å². The normalized spacial score (nSPS) is 30.6. The van der Waals surface area contributed by atoms with E-state index in [9.17, 15) is 19.8 Å². The number of alkyl carbamates (subject to hydrolysis) is 1. The number of ether oxygens (including phenoxy) is 1. The molecule has 3 N–H and O–H groups in total. The molecule has 0 aromatic rings. The molecule has 0 aromatic heterocycles. The molecule has 0 saturated heterocycles. The van der Waals surface area contributed by atoms with Gasteiger partial charge in [-0.05, 0) is 46.5 Å². The summed E-state index contributed by atoms with van der Waals surface area (Å²) in [5, 5.41) is 21.9. The van der Waals surface area contributed by atoms with Crippen molar-refractivity contribution in [1.29, 1.82) is 0 Å². The van der Waals surface area contributed by atoms with Crippen LogP contribution in [0.15, 0.2) is 0 Å². The van der Waals surface area contributed by atoms with Crippen LogP contribution in [0.2, 0.25) is 0 Å². The molecule has 0 heterocycles. The van der Waals surface area contributed by atoms with Gasteiger partial charge in [0.2, 0.25) is 0 Å². The van der Waals surface area contributed by atoms with Gasteiger partial charge in [0, 0.05) is 0 Å². The summed E-state index contributed by atoms with van der Waals surface area (Å²) in [6, 6.07) is -0.588. The summed E-state index contributed by atoms with van der Waals surface area (Å²) >= 11 is 0. The molecular weight excluding hydrogens is 262 g/mol. The molecular formula is C14H25NO5. The molecule has 0 aliphatic heterocycles. The lowest BCUT2D eigenvalue weighted by Gasteiger charge is -2.40. The lowest BCUT2D eigenvalue weighted by molar-refractivity contribution is -0.153. The van der Waals surface area contributed by atoms with Crippen molar-refractivity contribution in [2.24, 2.45) is 5.41 Å². The van der Waals surface area contributed by atoms with Crippen LogP contribution >= 0.6 is 0 Å². The Kier molecular flexibility index (Phi) is 5.02. The minimum atomic E-state index is -0.876. The third-order valence-corrected chi connectivity index (χ3v) is 3.83. The van der Waals surface area contributed by atoms with E-state index in [0.717, 1.165) is 0 Å². The molecule has 1 fully saturated rings. The fourth-order valence-corrected chi connectivity index (χ4v) is 2.56. The number of aliphatic hydroxyl groups excluding tert-OH is 1. The van der Waals surface area contributed by atoms with Crippen molar-refractivity contribution >= 4 is 12.1 Å². The zero-order chi connectivity index (χ0) is 15.6. The highest BCUT2D eigenvalue weighted by atomic mass is 16.6. The Labute approximate surface area is 119 Å². The standard InChI is InChI=1S/C14H25NO5/c1-5-14(11(17)18)7-6-10(16)9(8-14)15-12(19)20-13(2,3)4/h9-10,16H,5-8H2,1-4H3,(H,15,19)(H,17,18)/t9-,10-,14+/m1/s1. The van der Waals surface area contributed by atoms with Gasteiger partial charge in [0.15, 0.2) is 0 Å². The van der Waals surface area contributed by atoms with Gasteiger partial charge in [-0.25, -0.2) is 4.79 Å². The largest absolute Gasteiger partial charge is 0.481 e. The molecule has 0 unspecified atom stereocenters. The number of aliphatic carboxylic acids is 1. The van der Waals surface area contributed by atoms with Gasteiger partial charge in [-0.15, -0.1) is 0 Å². The predicted molar refractivity (Wildman–Crippen MR) is 73.4 cm³/mol. The third-order valence-electron chi connectivity index (χ3n) is 3.83. The number of amides is 1. The fourth-order valence-electron chi connectivity index (χ4n) is 2.56. The molecule has 0 spiro atoms. The molecule has 3 atom stereocenters. The number of carbonyl (C=O) groups excluding carboxylic acids is 1. The minimum absolute atomic E-state index is 0.221. The van der Waals surface area contributed by atoms with Crippen molar-refractivity contribution in [3.63, 3.8) is 0 Å². The van der Waals surface area contributed by atoms with E-state index >= 15 is 0 Å². The Morgan fingerprint density at radius 1 is 1.40 bits per heavy atom. The second-order valence-corrected chi connectivity index (χ2v) is 6.50. The quantitative estimate of drug-likeness (QED) is 0.737. The van der Waals surface area contributed by atoms with Crippen molar-refractivity contribution in [3.8, 4) is 0 Å². The average Bonchev–Trinajstić information content (AvgIpc) is 2.29. The topological polar surface area (TPSA) is 95.9 Å². The number of aliphatic hydroxyl groups is 1. The SMILES string of the molecule is CC[C@]1(C(=O)O)CC[C@@H](O)[C@H](NC(=O)OC(C)(C)C)C1. The van der Waals surface area contributed by atoms with Crippen LogP contribution in [-0.4, -0.2) is 40.0 Å². The maximum Gasteiger partial charge on any atom is 0.407 e. The number of carboxylic acids is 1. The molecule has 1 aliphatic carbocycles. The first-order valence-electron chi connectivity index (χ1n) is 7.00. The Morgan fingerprint density at radius 2 is 2.00 bits per heavy atom. The summed E-state index contributed by atoms with van der Waals surface area (Å²) in [6.07, 6.45) is 0.119. The van der Waals surface area contributed by atoms with Crippen molar-refractivity contribution in [2.75, 3.05) is 0 Å². The van der Waals surface area contributed by atoms with Crippen LogP contribution < -0.4 is 5.32 Å². The average molecular weight is 287 g/mol. The molecule has 1 aliphatic rings. The number of nitrogens with one attached hydrogen (secondary N) is 1. The second kappa shape index (κ2) is 5.99. The molecule has 116 valence electrons. The summed E-state index contributed by atoms with van der Waals surface area (Å²) < 4.78 is 5.14. The lowest BCUT2D eigenvalue weighted by Crippen LogP contribution is -2.53. The number of carbonyl (C=O) groups is 2. The van der Waals surface area contributed by atoms with E-state index in [2.05, 4.69) is 5.32 Å². The first kappa shape index (κ1) is 16.8. The van der Waals surface area contributed by atoms with Gasteiger partial charge < -0.3 is 20.3 Å². The van der Waals surface area contributed by atoms with Gasteiger partial charge in [0.05, 0.1) is 17.6 Å². The molecule has 6 nitrogen and oxygen atoms in total. The molecule has 1 saturated carbocycles. The van der Waals surface area contributed by atoms with Crippen LogP contribution in [0.1, 0.15) is 53.4 Å². The van der Waals surface area contributed by atoms with E-state index in [1.165, 1.54) is 0 Å². The number of hydrogen-bond donors (Lipinski definition) is 3. The highest BCUT2D eigenvalue weighted by Gasteiger charge is 2.45. The zero-order valence-electron chi connectivity index (χ0n) is 12.6. The Morgan fingerprint density at radius 3 is 2.45 bits per heavy atom. The number of carboxylic acid groups (broad SMARTS) is 1. The molecule has 1 rings (SSSR count). The van der Waals surface area contributed by atoms with E-state index in [1.807, 2.05) is 6.92 Å². The van der Waals surface area contributed by atoms with E-state index in [0.29, 0.717) is 19.3 Å². The lowest BCUT2D eigenvalue weighted by atomic mass is 9.69. The summed E-state index contributed by atoms with van der Waals surface area (Å²) in [5.41, 5.74) is -1.50. The first-order valence-corrected chi connectivity index (χ1v) is 7.00. The second-order valence-electron chi connectivity index (χ2n) is 6.50. The van der Waals surface area contributed by atoms with E-state index < -0.39 is 35.2 Å². The zero-order valence-corrected chi connectivity index (χ0v) is 12.6. The fraction of sp³-hybridized carbons (Fsp3) is 0.857. The van der Waals surface area contributed by atoms with Crippen LogP contribution in [0.3, 0.4) is 0 Å². The molecule has 20 heavy (non-hydrogen) atoms. The van der Waals surface area contributed by atoms with Crippen LogP contribution in [0, 0.1) is 5.41 Å². The van der Waals surface area contributed by atoms with Gasteiger partial charge in [0.1, 0.15) is 5.60 Å². The summed E-state index contributed by atoms with van der Waals surface area (Å²) in [7, 11) is 0. The van der Waals surface area contributed by atoms with Gasteiger partial charge >= 0.3 is 12.1 Å². The summed E-state index contributed by atoms with van der Waals surface area (Å²) in [6.45, 7) is 7.06. The Hall–Kier alpha value is -1.30. The predicted octanol–water partition coefficient (Wildman–Crippen LogP) is 1.91. The van der Waals surface area contributed by atoms with Gasteiger partial charge in [-0.1, -0.05) is 6.92 Å². The van der Waals surface area contributed by atoms with Crippen molar-refractivity contribution in [2.45, 2.75) is 71.1 Å². The van der Waals surface area contributed by atoms with Crippen molar-refractivity contribution < 1.29 is 24.5 Å². The van der Waals surface area contributed by atoms with Gasteiger partial charge in [-0.2, -0.15) is 0 Å². The van der Waals surface area contributed by atoms with Gasteiger partial charge in [-0.3, -0.25) is 4.79 Å². The molecule has 0 bridgehead atoms. The van der Waals surface area contributed by atoms with E-state index in [-0.39, 0.29) is 6.42 Å². The molecule has 6 heteroatoms. The number of rotatable bonds is 3. The van der Waals surface area contributed by atoms with Crippen LogP contribution in [0.5, 0.6) is 0 Å². The maximum absolute atomic E-state index is 11.7. The molecule has 0 radical (unpaired) electrons. The smallest absolute Gasteiger partial charge is 0.407 e. The van der Waals surface area contributed by atoms with Crippen molar-refractivity contribution in [1.82, 2.24) is 5.32 Å². The summed E-state index contributed by atoms with van der Waals surface area (Å²) in [5.74, 6) is -0.872.